The summed E-state index contributed by atoms with van der Waals surface area (Å²) in [7, 11) is 0. The van der Waals surface area contributed by atoms with E-state index < -0.39 is 0 Å². The van der Waals surface area contributed by atoms with Crippen LogP contribution in [-0.2, 0) is 4.79 Å². The Balaban J connectivity index is 1.92. The molecule has 0 aromatic heterocycles. The van der Waals surface area contributed by atoms with Crippen LogP contribution in [0.3, 0.4) is 0 Å². The van der Waals surface area contributed by atoms with Crippen LogP contribution in [0.15, 0.2) is 24.3 Å². The van der Waals surface area contributed by atoms with Gasteiger partial charge in [-0.25, -0.2) is 0 Å². The molecule has 0 spiro atoms. The monoisotopic (exact) mass is 329 g/mol. The molecule has 1 aromatic carbocycles. The first-order chi connectivity index (χ1) is 11.4. The second-order valence-corrected chi connectivity index (χ2v) is 8.66. The molecule has 1 aliphatic rings. The van der Waals surface area contributed by atoms with E-state index in [0.29, 0.717) is 12.3 Å². The van der Waals surface area contributed by atoms with E-state index >= 15 is 0 Å². The van der Waals surface area contributed by atoms with E-state index in [1.807, 2.05) is 0 Å². The van der Waals surface area contributed by atoms with Crippen LogP contribution in [0.4, 0.5) is 5.69 Å². The van der Waals surface area contributed by atoms with Gasteiger partial charge in [0.2, 0.25) is 5.91 Å². The second kappa shape index (κ2) is 9.25. The lowest BCUT2D eigenvalue weighted by atomic mass is 9.87. The van der Waals surface area contributed by atoms with Crippen molar-refractivity contribution in [1.82, 2.24) is 0 Å². The molecule has 0 unspecified atom stereocenters. The molecule has 0 atom stereocenters. The number of rotatable bonds is 3. The molecule has 0 aliphatic heterocycles. The van der Waals surface area contributed by atoms with E-state index in [0.717, 1.165) is 5.69 Å². The van der Waals surface area contributed by atoms with E-state index in [4.69, 9.17) is 0 Å². The number of hydrogen-bond acceptors (Lipinski definition) is 1. The number of anilines is 1. The summed E-state index contributed by atoms with van der Waals surface area (Å²) in [6.45, 7) is 6.28. The molecule has 24 heavy (non-hydrogen) atoms. The third kappa shape index (κ3) is 7.07. The Kier molecular flexibility index (Phi) is 7.33. The van der Waals surface area contributed by atoms with Crippen LogP contribution in [0.25, 0.3) is 0 Å². The van der Waals surface area contributed by atoms with E-state index in [1.54, 1.807) is 0 Å². The zero-order chi connectivity index (χ0) is 17.4. The highest BCUT2D eigenvalue weighted by molar-refractivity contribution is 5.91. The number of benzene rings is 1. The highest BCUT2D eigenvalue weighted by atomic mass is 16.1. The SMILES string of the molecule is CC(C)(C)CC(=O)Nc1ccc(C2CCCCCCCCC2)cc1. The summed E-state index contributed by atoms with van der Waals surface area (Å²) in [6, 6.07) is 8.61. The molecule has 0 bridgehead atoms. The van der Waals surface area contributed by atoms with E-state index in [-0.39, 0.29) is 11.3 Å². The molecule has 134 valence electrons. The van der Waals surface area contributed by atoms with Crippen molar-refractivity contribution in [3.8, 4) is 0 Å². The second-order valence-electron chi connectivity index (χ2n) is 8.66. The average molecular weight is 330 g/mol. The lowest BCUT2D eigenvalue weighted by Gasteiger charge is -2.20. The minimum Gasteiger partial charge on any atom is -0.326 e. The molecule has 1 aromatic rings. The normalized spacial score (nSPS) is 18.1. The Hall–Kier alpha value is -1.31. The van der Waals surface area contributed by atoms with Crippen molar-refractivity contribution in [3.05, 3.63) is 29.8 Å². The summed E-state index contributed by atoms with van der Waals surface area (Å²) in [5.41, 5.74) is 2.40. The molecule has 2 rings (SSSR count). The van der Waals surface area contributed by atoms with Crippen LogP contribution < -0.4 is 5.32 Å². The summed E-state index contributed by atoms with van der Waals surface area (Å²) in [5, 5.41) is 3.03. The smallest absolute Gasteiger partial charge is 0.224 e. The third-order valence-corrected chi connectivity index (χ3v) is 4.96. The Morgan fingerprint density at radius 1 is 0.917 bits per heavy atom. The highest BCUT2D eigenvalue weighted by Gasteiger charge is 2.16. The quantitative estimate of drug-likeness (QED) is 0.659. The molecule has 1 aliphatic carbocycles. The summed E-state index contributed by atoms with van der Waals surface area (Å²) in [5.74, 6) is 0.802. The number of hydrogen-bond donors (Lipinski definition) is 1. The van der Waals surface area contributed by atoms with Crippen molar-refractivity contribution in [1.29, 1.82) is 0 Å². The first-order valence-corrected chi connectivity index (χ1v) is 9.84. The van der Waals surface area contributed by atoms with Gasteiger partial charge in [-0.3, -0.25) is 4.79 Å². The molecule has 2 nitrogen and oxygen atoms in total. The van der Waals surface area contributed by atoms with Gasteiger partial charge in [0.1, 0.15) is 0 Å². The van der Waals surface area contributed by atoms with Gasteiger partial charge < -0.3 is 5.32 Å². The molecule has 1 amide bonds. The zero-order valence-corrected chi connectivity index (χ0v) is 15.9. The van der Waals surface area contributed by atoms with Gasteiger partial charge in [-0.05, 0) is 41.9 Å². The Labute approximate surface area is 148 Å². The summed E-state index contributed by atoms with van der Waals surface area (Å²) in [6.07, 6.45) is 12.9. The lowest BCUT2D eigenvalue weighted by Crippen LogP contribution is -2.19. The number of nitrogens with one attached hydrogen (secondary N) is 1. The molecule has 1 saturated carbocycles. The molecule has 0 radical (unpaired) electrons. The van der Waals surface area contributed by atoms with Crippen LogP contribution in [0.2, 0.25) is 0 Å². The largest absolute Gasteiger partial charge is 0.326 e. The Morgan fingerprint density at radius 3 is 1.92 bits per heavy atom. The van der Waals surface area contributed by atoms with Gasteiger partial charge in [-0.1, -0.05) is 77.8 Å². The zero-order valence-electron chi connectivity index (χ0n) is 15.9. The van der Waals surface area contributed by atoms with Crippen molar-refractivity contribution in [3.63, 3.8) is 0 Å². The minimum absolute atomic E-state index is 0.0279. The highest BCUT2D eigenvalue weighted by Crippen LogP contribution is 2.30. The van der Waals surface area contributed by atoms with Crippen LogP contribution in [-0.4, -0.2) is 5.91 Å². The molecule has 1 N–H and O–H groups in total. The fourth-order valence-corrected chi connectivity index (χ4v) is 3.67. The van der Waals surface area contributed by atoms with E-state index in [1.165, 1.54) is 63.4 Å². The summed E-state index contributed by atoms with van der Waals surface area (Å²) >= 11 is 0. The van der Waals surface area contributed by atoms with E-state index in [9.17, 15) is 4.79 Å². The molecule has 0 saturated heterocycles. The van der Waals surface area contributed by atoms with Gasteiger partial charge in [0, 0.05) is 12.1 Å². The first-order valence-electron chi connectivity index (χ1n) is 9.84. The van der Waals surface area contributed by atoms with Crippen molar-refractivity contribution in [2.75, 3.05) is 5.32 Å². The van der Waals surface area contributed by atoms with Crippen molar-refractivity contribution >= 4 is 11.6 Å². The number of carbonyl (C=O) groups excluding carboxylic acids is 1. The predicted molar refractivity (Wildman–Crippen MR) is 103 cm³/mol. The molecular weight excluding hydrogens is 294 g/mol. The fourth-order valence-electron chi connectivity index (χ4n) is 3.67. The van der Waals surface area contributed by atoms with Gasteiger partial charge in [-0.2, -0.15) is 0 Å². The summed E-state index contributed by atoms with van der Waals surface area (Å²) < 4.78 is 0. The maximum atomic E-state index is 12.1. The standard InChI is InChI=1S/C22H35NO/c1-22(2,3)17-21(24)23-20-15-13-19(14-16-20)18-11-9-7-5-4-6-8-10-12-18/h13-16,18H,4-12,17H2,1-3H3,(H,23,24). The number of amides is 1. The minimum atomic E-state index is 0.0279. The van der Waals surface area contributed by atoms with Gasteiger partial charge >= 0.3 is 0 Å². The van der Waals surface area contributed by atoms with Gasteiger partial charge in [0.15, 0.2) is 0 Å². The topological polar surface area (TPSA) is 29.1 Å². The Morgan fingerprint density at radius 2 is 1.42 bits per heavy atom. The molecule has 0 heterocycles. The predicted octanol–water partition coefficient (Wildman–Crippen LogP) is 6.67. The lowest BCUT2D eigenvalue weighted by molar-refractivity contribution is -0.117. The van der Waals surface area contributed by atoms with Crippen molar-refractivity contribution < 1.29 is 4.79 Å². The summed E-state index contributed by atoms with van der Waals surface area (Å²) in [4.78, 5) is 12.1. The van der Waals surface area contributed by atoms with Crippen molar-refractivity contribution in [2.45, 2.75) is 90.9 Å². The van der Waals surface area contributed by atoms with Crippen LogP contribution in [0.5, 0.6) is 0 Å². The van der Waals surface area contributed by atoms with Crippen LogP contribution in [0, 0.1) is 5.41 Å². The Bertz CT molecular complexity index is 488. The van der Waals surface area contributed by atoms with Crippen LogP contribution >= 0.6 is 0 Å². The fraction of sp³-hybridized carbons (Fsp3) is 0.682. The van der Waals surface area contributed by atoms with Gasteiger partial charge in [-0.15, -0.1) is 0 Å². The third-order valence-electron chi connectivity index (χ3n) is 4.96. The average Bonchev–Trinajstić information content (AvgIpc) is 2.51. The van der Waals surface area contributed by atoms with Gasteiger partial charge in [0.05, 0.1) is 0 Å². The van der Waals surface area contributed by atoms with E-state index in [2.05, 4.69) is 50.4 Å². The maximum Gasteiger partial charge on any atom is 0.224 e. The van der Waals surface area contributed by atoms with Crippen LogP contribution in [0.1, 0.15) is 96.5 Å². The van der Waals surface area contributed by atoms with Gasteiger partial charge in [0.25, 0.3) is 0 Å². The van der Waals surface area contributed by atoms with Crippen molar-refractivity contribution in [2.24, 2.45) is 5.41 Å². The first kappa shape index (κ1) is 19.0. The number of carbonyl (C=O) groups is 1. The maximum absolute atomic E-state index is 12.1. The molecule has 1 fully saturated rings. The molecular formula is C22H35NO. The molecule has 2 heteroatoms.